The minimum Gasteiger partial charge on any atom is -0.342 e. The summed E-state index contributed by atoms with van der Waals surface area (Å²) in [5.41, 5.74) is 2.84. The summed E-state index contributed by atoms with van der Waals surface area (Å²) in [7, 11) is 0. The number of nitrogens with zero attached hydrogens (tertiary/aromatic N) is 1. The Bertz CT molecular complexity index is 1060. The summed E-state index contributed by atoms with van der Waals surface area (Å²) in [6.45, 7) is 9.87. The van der Waals surface area contributed by atoms with E-state index in [1.165, 1.54) is 11.0 Å². The third-order valence-corrected chi connectivity index (χ3v) is 5.57. The van der Waals surface area contributed by atoms with E-state index in [0.717, 1.165) is 11.1 Å². The van der Waals surface area contributed by atoms with Crippen LogP contribution in [0.2, 0.25) is 0 Å². The summed E-state index contributed by atoms with van der Waals surface area (Å²) in [6, 6.07) is 9.96. The molecule has 8 heteroatoms. The molecule has 0 bridgehead atoms. The van der Waals surface area contributed by atoms with Gasteiger partial charge >= 0.3 is 6.03 Å². The highest BCUT2D eigenvalue weighted by Gasteiger charge is 2.45. The Hall–Kier alpha value is -3.42. The van der Waals surface area contributed by atoms with Crippen molar-refractivity contribution < 1.29 is 14.0 Å². The molecule has 33 heavy (non-hydrogen) atoms. The van der Waals surface area contributed by atoms with Gasteiger partial charge in [-0.15, -0.1) is 0 Å². The number of aryl methyl sites for hydroxylation is 2. The van der Waals surface area contributed by atoms with Crippen LogP contribution in [-0.4, -0.2) is 28.3 Å². The minimum atomic E-state index is -0.823. The first kappa shape index (κ1) is 24.2. The van der Waals surface area contributed by atoms with Crippen molar-refractivity contribution in [1.82, 2.24) is 15.5 Å². The average molecular weight is 454 g/mol. The topological polar surface area (TPSA) is 97.3 Å². The molecule has 1 heterocycles. The lowest BCUT2D eigenvalue weighted by Crippen LogP contribution is -2.44. The molecule has 0 aromatic heterocycles. The SMILES string of the molecule is Cc1cc(C)cc(NC(=O)NCc2ccc(CN3C(=N)NC(C)(CC(C)C)C3=O)cc2F)c1. The standard InChI is InChI=1S/C25H32FN5O2/c1-15(2)12-25(5)22(32)31(23(27)30-25)14-18-6-7-19(21(26)11-18)13-28-24(33)29-20-9-16(3)8-17(4)10-20/h6-11,15H,12-14H2,1-5H3,(H2,27,30)(H2,28,29,33). The first-order valence-corrected chi connectivity index (χ1v) is 11.1. The van der Waals surface area contributed by atoms with Gasteiger partial charge in [0, 0.05) is 17.8 Å². The molecular weight excluding hydrogens is 421 g/mol. The highest BCUT2D eigenvalue weighted by molar-refractivity contribution is 6.07. The number of carbonyl (C=O) groups excluding carboxylic acids is 2. The zero-order valence-corrected chi connectivity index (χ0v) is 19.8. The molecule has 2 aromatic carbocycles. The predicted octanol–water partition coefficient (Wildman–Crippen LogP) is 4.44. The van der Waals surface area contributed by atoms with E-state index in [-0.39, 0.29) is 30.9 Å². The molecule has 0 spiro atoms. The van der Waals surface area contributed by atoms with E-state index >= 15 is 0 Å². The van der Waals surface area contributed by atoms with Crippen LogP contribution >= 0.6 is 0 Å². The summed E-state index contributed by atoms with van der Waals surface area (Å²) >= 11 is 0. The summed E-state index contributed by atoms with van der Waals surface area (Å²) in [6.07, 6.45) is 0.605. The summed E-state index contributed by atoms with van der Waals surface area (Å²) in [4.78, 5) is 26.4. The molecule has 176 valence electrons. The molecule has 1 unspecified atom stereocenters. The molecule has 1 aliphatic rings. The molecule has 1 fully saturated rings. The number of amides is 3. The third-order valence-electron chi connectivity index (χ3n) is 5.57. The van der Waals surface area contributed by atoms with Crippen LogP contribution in [0, 0.1) is 31.0 Å². The molecule has 4 N–H and O–H groups in total. The number of benzene rings is 2. The lowest BCUT2D eigenvalue weighted by atomic mass is 9.91. The highest BCUT2D eigenvalue weighted by atomic mass is 19.1. The lowest BCUT2D eigenvalue weighted by Gasteiger charge is -2.24. The van der Waals surface area contributed by atoms with Crippen molar-refractivity contribution in [3.63, 3.8) is 0 Å². The van der Waals surface area contributed by atoms with Crippen molar-refractivity contribution in [3.05, 3.63) is 64.5 Å². The van der Waals surface area contributed by atoms with Gasteiger partial charge in [-0.3, -0.25) is 15.1 Å². The molecule has 0 radical (unpaired) electrons. The van der Waals surface area contributed by atoms with E-state index in [2.05, 4.69) is 16.0 Å². The van der Waals surface area contributed by atoms with Gasteiger partial charge in [-0.1, -0.05) is 32.0 Å². The van der Waals surface area contributed by atoms with Crippen LogP contribution in [0.25, 0.3) is 0 Å². The second-order valence-electron chi connectivity index (χ2n) is 9.40. The number of hydrogen-bond donors (Lipinski definition) is 4. The molecule has 0 saturated carbocycles. The average Bonchev–Trinajstić information content (AvgIpc) is 2.88. The fourth-order valence-corrected chi connectivity index (χ4v) is 4.30. The molecule has 7 nitrogen and oxygen atoms in total. The Morgan fingerprint density at radius 1 is 1.18 bits per heavy atom. The monoisotopic (exact) mass is 453 g/mol. The summed E-state index contributed by atoms with van der Waals surface area (Å²) < 4.78 is 14.7. The van der Waals surface area contributed by atoms with Gasteiger partial charge in [-0.05, 0) is 68.0 Å². The van der Waals surface area contributed by atoms with Gasteiger partial charge in [0.25, 0.3) is 5.91 Å². The van der Waals surface area contributed by atoms with Crippen LogP contribution < -0.4 is 16.0 Å². The van der Waals surface area contributed by atoms with Gasteiger partial charge in [0.05, 0.1) is 6.54 Å². The number of hydrogen-bond acceptors (Lipinski definition) is 3. The predicted molar refractivity (Wildman–Crippen MR) is 127 cm³/mol. The van der Waals surface area contributed by atoms with Gasteiger partial charge in [-0.25, -0.2) is 9.18 Å². The van der Waals surface area contributed by atoms with Crippen LogP contribution in [0.5, 0.6) is 0 Å². The number of rotatable bonds is 7. The van der Waals surface area contributed by atoms with Crippen LogP contribution in [0.15, 0.2) is 36.4 Å². The normalized spacial score (nSPS) is 18.0. The minimum absolute atomic E-state index is 0.0230. The van der Waals surface area contributed by atoms with Crippen molar-refractivity contribution in [1.29, 1.82) is 5.41 Å². The van der Waals surface area contributed by atoms with E-state index in [1.54, 1.807) is 19.1 Å². The van der Waals surface area contributed by atoms with Crippen LogP contribution in [0.3, 0.4) is 0 Å². The Balaban J connectivity index is 1.60. The van der Waals surface area contributed by atoms with Crippen molar-refractivity contribution in [2.45, 2.75) is 59.7 Å². The Labute approximate surface area is 194 Å². The summed E-state index contributed by atoms with van der Waals surface area (Å²) in [5.74, 6) is -0.349. The Kier molecular flexibility index (Phi) is 7.05. The van der Waals surface area contributed by atoms with Crippen molar-refractivity contribution in [3.8, 4) is 0 Å². The first-order valence-electron chi connectivity index (χ1n) is 11.1. The van der Waals surface area contributed by atoms with E-state index in [0.29, 0.717) is 23.2 Å². The van der Waals surface area contributed by atoms with Crippen LogP contribution in [-0.2, 0) is 17.9 Å². The lowest BCUT2D eigenvalue weighted by molar-refractivity contribution is -0.131. The molecule has 2 aromatic rings. The van der Waals surface area contributed by atoms with Crippen molar-refractivity contribution in [2.75, 3.05) is 5.32 Å². The van der Waals surface area contributed by atoms with E-state index in [9.17, 15) is 14.0 Å². The van der Waals surface area contributed by atoms with Gasteiger partial charge < -0.3 is 16.0 Å². The van der Waals surface area contributed by atoms with E-state index < -0.39 is 17.4 Å². The van der Waals surface area contributed by atoms with E-state index in [1.807, 2.05) is 45.9 Å². The second kappa shape index (κ2) is 9.60. The van der Waals surface area contributed by atoms with Gasteiger partial charge in [-0.2, -0.15) is 0 Å². The molecule has 1 atom stereocenters. The molecule has 0 aliphatic carbocycles. The van der Waals surface area contributed by atoms with Gasteiger partial charge in [0.2, 0.25) is 0 Å². The largest absolute Gasteiger partial charge is 0.342 e. The first-order chi connectivity index (χ1) is 15.5. The maximum Gasteiger partial charge on any atom is 0.319 e. The maximum absolute atomic E-state index is 14.7. The van der Waals surface area contributed by atoms with E-state index in [4.69, 9.17) is 5.41 Å². The third kappa shape index (κ3) is 5.88. The Morgan fingerprint density at radius 2 is 1.85 bits per heavy atom. The maximum atomic E-state index is 14.7. The zero-order chi connectivity index (χ0) is 24.3. The fourth-order valence-electron chi connectivity index (χ4n) is 4.30. The molecule has 3 rings (SSSR count). The number of urea groups is 1. The number of nitrogens with one attached hydrogen (secondary N) is 4. The second-order valence-corrected chi connectivity index (χ2v) is 9.40. The van der Waals surface area contributed by atoms with Crippen molar-refractivity contribution >= 4 is 23.6 Å². The Morgan fingerprint density at radius 3 is 2.45 bits per heavy atom. The van der Waals surface area contributed by atoms with Crippen LogP contribution in [0.4, 0.5) is 14.9 Å². The smallest absolute Gasteiger partial charge is 0.319 e. The van der Waals surface area contributed by atoms with Crippen molar-refractivity contribution in [2.24, 2.45) is 5.92 Å². The highest BCUT2D eigenvalue weighted by Crippen LogP contribution is 2.26. The number of guanidine groups is 1. The molecule has 3 amide bonds. The number of carbonyl (C=O) groups is 2. The van der Waals surface area contributed by atoms with Gasteiger partial charge in [0.15, 0.2) is 5.96 Å². The fraction of sp³-hybridized carbons (Fsp3) is 0.400. The van der Waals surface area contributed by atoms with Gasteiger partial charge in [0.1, 0.15) is 11.4 Å². The zero-order valence-electron chi connectivity index (χ0n) is 19.8. The molecule has 1 saturated heterocycles. The number of halogens is 1. The molecule has 1 aliphatic heterocycles. The quantitative estimate of drug-likeness (QED) is 0.499. The number of anilines is 1. The molecular formula is C25H32FN5O2. The van der Waals surface area contributed by atoms with Crippen LogP contribution in [0.1, 0.15) is 49.4 Å². The summed E-state index contributed by atoms with van der Waals surface area (Å²) in [5, 5.41) is 16.6.